The second-order valence-electron chi connectivity index (χ2n) is 10.3. The minimum Gasteiger partial charge on any atom is -0.393 e. The Morgan fingerprint density at radius 3 is 2.45 bits per heavy atom. The molecule has 2 aromatic heterocycles. The standard InChI is InChI=1S/C29H35FN6O3S/c1-2-3-17-31-29-32-19-26-27(35-36(28(26)34-29)23-10-12-24(37)13-11-23)21-6-14-25(15-7-21)40(38,39)33-18-16-20-4-8-22(30)9-5-20/h4-9,14-15,19,23-24,33,37H,2-3,10-13,16-18H2,1H3,(H,31,32,34)/t23-,24-. The Morgan fingerprint density at radius 2 is 1.75 bits per heavy atom. The number of anilines is 1. The molecule has 9 nitrogen and oxygen atoms in total. The first kappa shape index (κ1) is 28.1. The molecule has 1 aliphatic carbocycles. The van der Waals surface area contributed by atoms with Gasteiger partial charge in [0.25, 0.3) is 0 Å². The minimum atomic E-state index is -3.72. The van der Waals surface area contributed by atoms with E-state index in [0.717, 1.165) is 67.2 Å². The summed E-state index contributed by atoms with van der Waals surface area (Å²) < 4.78 is 43.4. The summed E-state index contributed by atoms with van der Waals surface area (Å²) >= 11 is 0. The molecule has 1 saturated carbocycles. The molecule has 0 atom stereocenters. The third-order valence-electron chi connectivity index (χ3n) is 7.33. The SMILES string of the molecule is CCCCNc1ncc2c(-c3ccc(S(=O)(=O)NCCc4ccc(F)cc4)cc3)nn([C@H]3CC[C@H](O)CC3)c2n1. The minimum absolute atomic E-state index is 0.114. The fourth-order valence-electron chi connectivity index (χ4n) is 5.01. The van der Waals surface area contributed by atoms with Gasteiger partial charge in [0, 0.05) is 24.8 Å². The van der Waals surface area contributed by atoms with Crippen LogP contribution in [0.3, 0.4) is 0 Å². The zero-order chi connectivity index (χ0) is 28.1. The maximum atomic E-state index is 13.1. The van der Waals surface area contributed by atoms with Crippen molar-refractivity contribution in [2.24, 2.45) is 0 Å². The number of aromatic nitrogens is 4. The number of hydrogen-bond acceptors (Lipinski definition) is 7. The van der Waals surface area contributed by atoms with Gasteiger partial charge in [-0.15, -0.1) is 0 Å². The molecule has 0 radical (unpaired) electrons. The van der Waals surface area contributed by atoms with Crippen LogP contribution in [-0.4, -0.2) is 52.5 Å². The van der Waals surface area contributed by atoms with E-state index in [9.17, 15) is 17.9 Å². The highest BCUT2D eigenvalue weighted by atomic mass is 32.2. The number of halogens is 1. The van der Waals surface area contributed by atoms with E-state index in [2.05, 4.69) is 21.9 Å². The summed E-state index contributed by atoms with van der Waals surface area (Å²) in [6.07, 6.45) is 7.08. The second-order valence-corrected chi connectivity index (χ2v) is 12.0. The maximum absolute atomic E-state index is 13.1. The summed E-state index contributed by atoms with van der Waals surface area (Å²) in [6.45, 7) is 3.12. The van der Waals surface area contributed by atoms with E-state index in [1.165, 1.54) is 12.1 Å². The monoisotopic (exact) mass is 566 g/mol. The van der Waals surface area contributed by atoms with E-state index in [1.807, 2.05) is 4.68 Å². The van der Waals surface area contributed by atoms with Crippen molar-refractivity contribution in [3.63, 3.8) is 0 Å². The van der Waals surface area contributed by atoms with Gasteiger partial charge in [-0.1, -0.05) is 37.6 Å². The first-order valence-electron chi connectivity index (χ1n) is 13.9. The molecule has 212 valence electrons. The summed E-state index contributed by atoms with van der Waals surface area (Å²) in [5.41, 5.74) is 3.03. The van der Waals surface area contributed by atoms with Crippen molar-refractivity contribution < 1.29 is 17.9 Å². The summed E-state index contributed by atoms with van der Waals surface area (Å²) in [6, 6.07) is 12.8. The molecule has 0 saturated heterocycles. The highest BCUT2D eigenvalue weighted by molar-refractivity contribution is 7.89. The maximum Gasteiger partial charge on any atom is 0.240 e. The Kier molecular flexibility index (Phi) is 8.72. The van der Waals surface area contributed by atoms with Crippen LogP contribution >= 0.6 is 0 Å². The van der Waals surface area contributed by atoms with Crippen LogP contribution < -0.4 is 10.0 Å². The molecule has 0 aliphatic heterocycles. The number of nitrogens with one attached hydrogen (secondary N) is 2. The Morgan fingerprint density at radius 1 is 1.02 bits per heavy atom. The number of hydrogen-bond donors (Lipinski definition) is 3. The topological polar surface area (TPSA) is 122 Å². The number of benzene rings is 2. The quantitative estimate of drug-likeness (QED) is 0.222. The highest BCUT2D eigenvalue weighted by Gasteiger charge is 2.26. The Balaban J connectivity index is 1.38. The van der Waals surface area contributed by atoms with Gasteiger partial charge < -0.3 is 10.4 Å². The number of aliphatic hydroxyl groups is 1. The van der Waals surface area contributed by atoms with Crippen molar-refractivity contribution in [2.75, 3.05) is 18.4 Å². The Bertz CT molecular complexity index is 1530. The zero-order valence-corrected chi connectivity index (χ0v) is 23.4. The summed E-state index contributed by atoms with van der Waals surface area (Å²) in [7, 11) is -3.72. The van der Waals surface area contributed by atoms with E-state index in [-0.39, 0.29) is 29.4 Å². The molecule has 0 spiro atoms. The zero-order valence-electron chi connectivity index (χ0n) is 22.6. The summed E-state index contributed by atoms with van der Waals surface area (Å²) in [5.74, 6) is 0.230. The molecule has 2 aromatic carbocycles. The lowest BCUT2D eigenvalue weighted by molar-refractivity contribution is 0.109. The molecular formula is C29H35FN6O3S. The number of fused-ring (bicyclic) bond motifs is 1. The van der Waals surface area contributed by atoms with Gasteiger partial charge in [0.1, 0.15) is 11.5 Å². The van der Waals surface area contributed by atoms with Gasteiger partial charge in [-0.25, -0.2) is 27.2 Å². The molecule has 11 heteroatoms. The van der Waals surface area contributed by atoms with Crippen LogP contribution in [0.5, 0.6) is 0 Å². The van der Waals surface area contributed by atoms with Gasteiger partial charge in [-0.2, -0.15) is 10.1 Å². The second kappa shape index (κ2) is 12.4. The van der Waals surface area contributed by atoms with E-state index in [4.69, 9.17) is 10.1 Å². The number of nitrogens with zero attached hydrogens (tertiary/aromatic N) is 4. The number of rotatable bonds is 11. The molecule has 4 aromatic rings. The van der Waals surface area contributed by atoms with Crippen molar-refractivity contribution in [2.45, 2.75) is 68.9 Å². The Labute approximate surface area is 233 Å². The molecule has 40 heavy (non-hydrogen) atoms. The molecule has 0 unspecified atom stereocenters. The van der Waals surface area contributed by atoms with Gasteiger partial charge in [0.15, 0.2) is 5.65 Å². The smallest absolute Gasteiger partial charge is 0.240 e. The van der Waals surface area contributed by atoms with Gasteiger partial charge in [-0.05, 0) is 68.4 Å². The summed E-state index contributed by atoms with van der Waals surface area (Å²) in [5, 5.41) is 19.0. The van der Waals surface area contributed by atoms with E-state index in [1.54, 1.807) is 42.6 Å². The van der Waals surface area contributed by atoms with Crippen LogP contribution in [0, 0.1) is 5.82 Å². The van der Waals surface area contributed by atoms with Gasteiger partial charge in [0.2, 0.25) is 16.0 Å². The van der Waals surface area contributed by atoms with E-state index < -0.39 is 10.0 Å². The molecule has 5 rings (SSSR count). The highest BCUT2D eigenvalue weighted by Crippen LogP contribution is 2.34. The predicted octanol–water partition coefficient (Wildman–Crippen LogP) is 4.84. The number of aliphatic hydroxyl groups excluding tert-OH is 1. The fourth-order valence-corrected chi connectivity index (χ4v) is 6.04. The summed E-state index contributed by atoms with van der Waals surface area (Å²) in [4.78, 5) is 9.46. The van der Waals surface area contributed by atoms with Crippen LogP contribution in [0.25, 0.3) is 22.3 Å². The third kappa shape index (κ3) is 6.48. The fraction of sp³-hybridized carbons (Fsp3) is 0.414. The average Bonchev–Trinajstić information content (AvgIpc) is 3.33. The number of unbranched alkanes of at least 4 members (excludes halogenated alkanes) is 1. The van der Waals surface area contributed by atoms with Crippen LogP contribution in [0.2, 0.25) is 0 Å². The predicted molar refractivity (Wildman–Crippen MR) is 153 cm³/mol. The molecule has 1 aliphatic rings. The van der Waals surface area contributed by atoms with E-state index in [0.29, 0.717) is 18.1 Å². The normalized spacial score (nSPS) is 17.8. The van der Waals surface area contributed by atoms with Gasteiger partial charge in [0.05, 0.1) is 22.4 Å². The molecule has 2 heterocycles. The molecule has 1 fully saturated rings. The third-order valence-corrected chi connectivity index (χ3v) is 8.81. The Hall–Kier alpha value is -3.41. The van der Waals surface area contributed by atoms with Crippen LogP contribution in [0.1, 0.15) is 57.1 Å². The van der Waals surface area contributed by atoms with Gasteiger partial charge >= 0.3 is 0 Å². The first-order valence-corrected chi connectivity index (χ1v) is 15.3. The lowest BCUT2D eigenvalue weighted by Crippen LogP contribution is -2.26. The van der Waals surface area contributed by atoms with Crippen molar-refractivity contribution in [3.8, 4) is 11.3 Å². The van der Waals surface area contributed by atoms with Crippen molar-refractivity contribution >= 4 is 27.0 Å². The van der Waals surface area contributed by atoms with E-state index >= 15 is 0 Å². The van der Waals surface area contributed by atoms with Crippen LogP contribution in [-0.2, 0) is 16.4 Å². The average molecular weight is 567 g/mol. The van der Waals surface area contributed by atoms with Crippen molar-refractivity contribution in [1.82, 2.24) is 24.5 Å². The molecule has 0 amide bonds. The van der Waals surface area contributed by atoms with Gasteiger partial charge in [-0.3, -0.25) is 0 Å². The molecular weight excluding hydrogens is 531 g/mol. The van der Waals surface area contributed by atoms with Crippen molar-refractivity contribution in [1.29, 1.82) is 0 Å². The lowest BCUT2D eigenvalue weighted by atomic mass is 9.93. The largest absolute Gasteiger partial charge is 0.393 e. The van der Waals surface area contributed by atoms with Crippen LogP contribution in [0.4, 0.5) is 10.3 Å². The van der Waals surface area contributed by atoms with Crippen molar-refractivity contribution in [3.05, 3.63) is 66.1 Å². The molecule has 3 N–H and O–H groups in total. The first-order chi connectivity index (χ1) is 19.3. The number of sulfonamides is 1. The lowest BCUT2D eigenvalue weighted by Gasteiger charge is -2.25. The van der Waals surface area contributed by atoms with Crippen LogP contribution in [0.15, 0.2) is 59.6 Å². The molecule has 0 bridgehead atoms.